The zero-order valence-corrected chi connectivity index (χ0v) is 17.6. The molecule has 0 aliphatic rings. The van der Waals surface area contributed by atoms with E-state index in [4.69, 9.17) is 20.9 Å². The fourth-order valence-electron chi connectivity index (χ4n) is 3.05. The molecule has 2 amide bonds. The molecular formula is C23H28N2O5. The van der Waals surface area contributed by atoms with Gasteiger partial charge in [0.1, 0.15) is 17.3 Å². The fourth-order valence-corrected chi connectivity index (χ4v) is 3.05. The molecule has 2 aromatic rings. The molecule has 0 aliphatic carbocycles. The van der Waals surface area contributed by atoms with Crippen LogP contribution in [0.5, 0.6) is 11.5 Å². The minimum absolute atomic E-state index is 0.155. The molecule has 0 heterocycles. The molecule has 0 saturated carbocycles. The van der Waals surface area contributed by atoms with Crippen molar-refractivity contribution in [2.24, 2.45) is 11.5 Å². The summed E-state index contributed by atoms with van der Waals surface area (Å²) in [5.41, 5.74) is 12.7. The van der Waals surface area contributed by atoms with Crippen molar-refractivity contribution in [3.05, 3.63) is 59.2 Å². The van der Waals surface area contributed by atoms with Crippen molar-refractivity contribution in [2.45, 2.75) is 51.9 Å². The first-order valence-electron chi connectivity index (χ1n) is 9.73. The number of aryl methyl sites for hydroxylation is 2. The third kappa shape index (κ3) is 7.24. The number of primary amides is 2. The van der Waals surface area contributed by atoms with E-state index in [-0.39, 0.29) is 11.2 Å². The minimum Gasteiger partial charge on any atom is -0.411 e. The number of hydrogen-bond donors (Lipinski definition) is 2. The first kappa shape index (κ1) is 22.9. The molecule has 2 rings (SSSR count). The molecule has 0 aliphatic heterocycles. The van der Waals surface area contributed by atoms with Crippen LogP contribution in [0.25, 0.3) is 0 Å². The van der Waals surface area contributed by atoms with Gasteiger partial charge < -0.3 is 20.9 Å². The fraction of sp³-hybridized carbons (Fsp3) is 0.348. The van der Waals surface area contributed by atoms with E-state index >= 15 is 0 Å². The highest BCUT2D eigenvalue weighted by Gasteiger charge is 2.21. The Morgan fingerprint density at radius 3 is 1.87 bits per heavy atom. The number of carbonyl (C=O) groups is 3. The summed E-state index contributed by atoms with van der Waals surface area (Å²) in [6.45, 7) is 6.06. The van der Waals surface area contributed by atoms with E-state index in [2.05, 4.69) is 0 Å². The Morgan fingerprint density at radius 1 is 0.800 bits per heavy atom. The van der Waals surface area contributed by atoms with Crippen LogP contribution in [0.3, 0.4) is 0 Å². The molecule has 0 aromatic heterocycles. The van der Waals surface area contributed by atoms with Gasteiger partial charge in [-0.3, -0.25) is 4.79 Å². The molecule has 0 bridgehead atoms. The van der Waals surface area contributed by atoms with Crippen molar-refractivity contribution < 1.29 is 23.9 Å². The predicted molar refractivity (Wildman–Crippen MR) is 114 cm³/mol. The monoisotopic (exact) mass is 412 g/mol. The maximum Gasteiger partial charge on any atom is 0.409 e. The van der Waals surface area contributed by atoms with Crippen LogP contribution >= 0.6 is 0 Å². The second kappa shape index (κ2) is 9.91. The van der Waals surface area contributed by atoms with E-state index in [1.807, 2.05) is 32.9 Å². The molecule has 0 spiro atoms. The molecule has 0 saturated heterocycles. The van der Waals surface area contributed by atoms with Gasteiger partial charge in [0.15, 0.2) is 0 Å². The summed E-state index contributed by atoms with van der Waals surface area (Å²) >= 11 is 0. The number of Topliss-reactive ketones (excluding diaryl/α,β-unsaturated/α-hetero) is 1. The largest absolute Gasteiger partial charge is 0.411 e. The molecule has 4 N–H and O–H groups in total. The van der Waals surface area contributed by atoms with Crippen LogP contribution in [0.15, 0.2) is 42.5 Å². The Kier molecular flexibility index (Phi) is 7.58. The highest BCUT2D eigenvalue weighted by Crippen LogP contribution is 2.32. The maximum absolute atomic E-state index is 12.3. The van der Waals surface area contributed by atoms with E-state index < -0.39 is 12.2 Å². The number of ether oxygens (including phenoxy) is 2. The molecule has 7 heteroatoms. The number of rotatable bonds is 8. The van der Waals surface area contributed by atoms with Crippen LogP contribution in [0.2, 0.25) is 0 Å². The first-order chi connectivity index (χ1) is 14.0. The smallest absolute Gasteiger partial charge is 0.409 e. The van der Waals surface area contributed by atoms with Gasteiger partial charge in [-0.1, -0.05) is 45.0 Å². The van der Waals surface area contributed by atoms with Gasteiger partial charge in [0.2, 0.25) is 0 Å². The van der Waals surface area contributed by atoms with E-state index in [0.29, 0.717) is 37.2 Å². The number of amides is 2. The molecule has 7 nitrogen and oxygen atoms in total. The standard InChI is InChI=1S/C23H28N2O5/c1-23(2,3)19-14-16(8-13-20(19)30-22(25)28)5-10-17(26)9-4-15-6-11-18(12-7-15)29-21(24)27/h6-8,11-14H,4-5,9-10H2,1-3H3,(H2,24,27)(H2,25,28). The number of carbonyl (C=O) groups excluding carboxylic acids is 3. The van der Waals surface area contributed by atoms with Crippen LogP contribution < -0.4 is 20.9 Å². The van der Waals surface area contributed by atoms with Gasteiger partial charge in [-0.2, -0.15) is 0 Å². The van der Waals surface area contributed by atoms with Gasteiger partial charge >= 0.3 is 12.2 Å². The quantitative estimate of drug-likeness (QED) is 0.678. The zero-order valence-electron chi connectivity index (χ0n) is 17.6. The summed E-state index contributed by atoms with van der Waals surface area (Å²) in [5.74, 6) is 0.965. The van der Waals surface area contributed by atoms with E-state index in [1.54, 1.807) is 30.3 Å². The lowest BCUT2D eigenvalue weighted by Crippen LogP contribution is -2.20. The van der Waals surface area contributed by atoms with Gasteiger partial charge in [0.25, 0.3) is 0 Å². The topological polar surface area (TPSA) is 122 Å². The summed E-state index contributed by atoms with van der Waals surface area (Å²) in [6, 6.07) is 12.4. The van der Waals surface area contributed by atoms with Crippen LogP contribution in [0.1, 0.15) is 50.3 Å². The lowest BCUT2D eigenvalue weighted by Gasteiger charge is -2.22. The van der Waals surface area contributed by atoms with E-state index in [9.17, 15) is 14.4 Å². The molecule has 0 unspecified atom stereocenters. The summed E-state index contributed by atoms with van der Waals surface area (Å²) in [7, 11) is 0. The van der Waals surface area contributed by atoms with Gasteiger partial charge in [0.05, 0.1) is 0 Å². The average Bonchev–Trinajstić information content (AvgIpc) is 2.65. The predicted octanol–water partition coefficient (Wildman–Crippen LogP) is 4.03. The Labute approximate surface area is 176 Å². The highest BCUT2D eigenvalue weighted by atomic mass is 16.6. The average molecular weight is 412 g/mol. The lowest BCUT2D eigenvalue weighted by atomic mass is 9.85. The summed E-state index contributed by atoms with van der Waals surface area (Å²) in [4.78, 5) is 34.2. The Balaban J connectivity index is 1.92. The van der Waals surface area contributed by atoms with Crippen molar-refractivity contribution >= 4 is 18.0 Å². The van der Waals surface area contributed by atoms with Gasteiger partial charge in [-0.25, -0.2) is 9.59 Å². The molecule has 160 valence electrons. The van der Waals surface area contributed by atoms with Gasteiger partial charge in [-0.15, -0.1) is 0 Å². The number of hydrogen-bond acceptors (Lipinski definition) is 5. The first-order valence-corrected chi connectivity index (χ1v) is 9.73. The Morgan fingerprint density at radius 2 is 1.33 bits per heavy atom. The molecule has 0 atom stereocenters. The van der Waals surface area contributed by atoms with Crippen LogP contribution in [-0.4, -0.2) is 18.0 Å². The highest BCUT2D eigenvalue weighted by molar-refractivity contribution is 5.79. The maximum atomic E-state index is 12.3. The number of benzene rings is 2. The molecule has 0 fully saturated rings. The summed E-state index contributed by atoms with van der Waals surface area (Å²) in [6.07, 6.45) is 0.339. The second-order valence-corrected chi connectivity index (χ2v) is 8.11. The second-order valence-electron chi connectivity index (χ2n) is 8.11. The molecule has 0 radical (unpaired) electrons. The van der Waals surface area contributed by atoms with Crippen molar-refractivity contribution in [1.82, 2.24) is 0 Å². The molecule has 30 heavy (non-hydrogen) atoms. The van der Waals surface area contributed by atoms with Crippen molar-refractivity contribution in [3.63, 3.8) is 0 Å². The summed E-state index contributed by atoms with van der Waals surface area (Å²) in [5, 5.41) is 0. The third-order valence-electron chi connectivity index (χ3n) is 4.59. The normalized spacial score (nSPS) is 11.0. The summed E-state index contributed by atoms with van der Waals surface area (Å²) < 4.78 is 9.89. The Bertz CT molecular complexity index is 914. The van der Waals surface area contributed by atoms with E-state index in [0.717, 1.165) is 16.7 Å². The number of nitrogens with two attached hydrogens (primary N) is 2. The van der Waals surface area contributed by atoms with Crippen molar-refractivity contribution in [2.75, 3.05) is 0 Å². The lowest BCUT2D eigenvalue weighted by molar-refractivity contribution is -0.119. The minimum atomic E-state index is -0.859. The van der Waals surface area contributed by atoms with Gasteiger partial charge in [-0.05, 0) is 47.6 Å². The van der Waals surface area contributed by atoms with Crippen LogP contribution in [-0.2, 0) is 23.1 Å². The number of ketones is 1. The van der Waals surface area contributed by atoms with Crippen LogP contribution in [0.4, 0.5) is 9.59 Å². The van der Waals surface area contributed by atoms with Crippen molar-refractivity contribution in [1.29, 1.82) is 0 Å². The van der Waals surface area contributed by atoms with Crippen LogP contribution in [0, 0.1) is 0 Å². The Hall–Kier alpha value is -3.35. The third-order valence-corrected chi connectivity index (χ3v) is 4.59. The molecule has 2 aromatic carbocycles. The van der Waals surface area contributed by atoms with Crippen molar-refractivity contribution in [3.8, 4) is 11.5 Å². The van der Waals surface area contributed by atoms with E-state index in [1.165, 1.54) is 0 Å². The van der Waals surface area contributed by atoms with Gasteiger partial charge in [0, 0.05) is 18.4 Å². The SMILES string of the molecule is CC(C)(C)c1cc(CCC(=O)CCc2ccc(OC(N)=O)cc2)ccc1OC(N)=O. The zero-order chi connectivity index (χ0) is 22.3. The molecular weight excluding hydrogens is 384 g/mol.